The van der Waals surface area contributed by atoms with Crippen molar-refractivity contribution in [2.45, 2.75) is 52.6 Å². The molecule has 3 rings (SSSR count). The quantitative estimate of drug-likeness (QED) is 0.602. The molecule has 3 heterocycles. The standard InChI is InChI=1S/C20H27N5O3S/c1-6-14(17-23-16(13(3)28-17)20(4,5)27)12-24(7-2)18(26)15-8-11-29-19(15)25-21-9-10-22-25/h8-11,14,27H,6-7,12H2,1-5H3. The Hall–Kier alpha value is -2.52. The first-order valence-electron chi connectivity index (χ1n) is 9.69. The van der Waals surface area contributed by atoms with Gasteiger partial charge in [-0.15, -0.1) is 16.1 Å². The molecule has 1 N–H and O–H groups in total. The highest BCUT2D eigenvalue weighted by molar-refractivity contribution is 7.12. The Labute approximate surface area is 174 Å². The van der Waals surface area contributed by atoms with Crippen molar-refractivity contribution in [3.63, 3.8) is 0 Å². The van der Waals surface area contributed by atoms with Crippen LogP contribution < -0.4 is 0 Å². The summed E-state index contributed by atoms with van der Waals surface area (Å²) in [5.41, 5.74) is 0.0288. The normalized spacial score (nSPS) is 12.9. The first-order chi connectivity index (χ1) is 13.8. The first kappa shape index (κ1) is 21.2. The van der Waals surface area contributed by atoms with Crippen molar-refractivity contribution in [2.24, 2.45) is 0 Å². The second-order valence-electron chi connectivity index (χ2n) is 7.42. The Morgan fingerprint density at radius 1 is 1.34 bits per heavy atom. The van der Waals surface area contributed by atoms with Crippen molar-refractivity contribution in [3.8, 4) is 5.00 Å². The van der Waals surface area contributed by atoms with Crippen LogP contribution in [0.25, 0.3) is 5.00 Å². The van der Waals surface area contributed by atoms with Crippen LogP contribution in [0, 0.1) is 6.92 Å². The number of rotatable bonds is 8. The smallest absolute Gasteiger partial charge is 0.257 e. The molecule has 0 aliphatic carbocycles. The van der Waals surface area contributed by atoms with Gasteiger partial charge < -0.3 is 14.4 Å². The number of thiophene rings is 1. The zero-order valence-corrected chi connectivity index (χ0v) is 18.2. The second kappa shape index (κ2) is 8.46. The molecule has 0 saturated heterocycles. The number of likely N-dealkylation sites (N-methyl/N-ethyl adjacent to an activating group) is 1. The van der Waals surface area contributed by atoms with Crippen LogP contribution in [0.3, 0.4) is 0 Å². The molecule has 0 saturated carbocycles. The molecule has 0 radical (unpaired) electrons. The molecule has 8 nitrogen and oxygen atoms in total. The minimum Gasteiger partial charge on any atom is -0.445 e. The lowest BCUT2D eigenvalue weighted by atomic mass is 10.0. The van der Waals surface area contributed by atoms with E-state index in [1.807, 2.05) is 19.2 Å². The molecule has 0 aliphatic heterocycles. The molecule has 3 aromatic heterocycles. The molecule has 9 heteroatoms. The molecule has 0 spiro atoms. The largest absolute Gasteiger partial charge is 0.445 e. The number of hydrogen-bond donors (Lipinski definition) is 1. The minimum absolute atomic E-state index is 0.0707. The van der Waals surface area contributed by atoms with Crippen LogP contribution in [0.2, 0.25) is 0 Å². The molecule has 0 fully saturated rings. The van der Waals surface area contributed by atoms with Gasteiger partial charge in [-0.2, -0.15) is 10.2 Å². The summed E-state index contributed by atoms with van der Waals surface area (Å²) in [6, 6.07) is 1.80. The van der Waals surface area contributed by atoms with Crippen LogP contribution in [-0.4, -0.2) is 49.0 Å². The number of nitrogens with zero attached hydrogens (tertiary/aromatic N) is 5. The van der Waals surface area contributed by atoms with Gasteiger partial charge in [-0.25, -0.2) is 4.98 Å². The number of carbonyl (C=O) groups excluding carboxylic acids is 1. The number of hydrogen-bond acceptors (Lipinski definition) is 7. The van der Waals surface area contributed by atoms with Crippen molar-refractivity contribution in [1.82, 2.24) is 24.9 Å². The maximum absolute atomic E-state index is 13.2. The van der Waals surface area contributed by atoms with E-state index in [2.05, 4.69) is 15.2 Å². The van der Waals surface area contributed by atoms with E-state index in [1.54, 1.807) is 44.1 Å². The molecule has 156 valence electrons. The average Bonchev–Trinajstić information content (AvgIpc) is 3.41. The predicted octanol–water partition coefficient (Wildman–Crippen LogP) is 3.51. The lowest BCUT2D eigenvalue weighted by Gasteiger charge is -2.24. The van der Waals surface area contributed by atoms with E-state index in [0.717, 1.165) is 6.42 Å². The molecule has 1 unspecified atom stereocenters. The molecule has 1 atom stereocenters. The van der Waals surface area contributed by atoms with Crippen molar-refractivity contribution >= 4 is 17.2 Å². The third kappa shape index (κ3) is 4.40. The van der Waals surface area contributed by atoms with Crippen LogP contribution in [0.5, 0.6) is 0 Å². The average molecular weight is 418 g/mol. The number of carbonyl (C=O) groups is 1. The monoisotopic (exact) mass is 417 g/mol. The molecular formula is C20H27N5O3S. The summed E-state index contributed by atoms with van der Waals surface area (Å²) in [4.78, 5) is 21.0. The molecule has 0 bridgehead atoms. The fraction of sp³-hybridized carbons (Fsp3) is 0.500. The molecular weight excluding hydrogens is 390 g/mol. The van der Waals surface area contributed by atoms with E-state index in [1.165, 1.54) is 16.1 Å². The Morgan fingerprint density at radius 2 is 2.03 bits per heavy atom. The van der Waals surface area contributed by atoms with E-state index < -0.39 is 5.60 Å². The molecule has 3 aromatic rings. The maximum Gasteiger partial charge on any atom is 0.257 e. The molecule has 1 amide bonds. The summed E-state index contributed by atoms with van der Waals surface area (Å²) in [6.07, 6.45) is 3.93. The van der Waals surface area contributed by atoms with E-state index in [9.17, 15) is 9.90 Å². The maximum atomic E-state index is 13.2. The molecule has 29 heavy (non-hydrogen) atoms. The fourth-order valence-electron chi connectivity index (χ4n) is 3.27. The van der Waals surface area contributed by atoms with Gasteiger partial charge in [-0.05, 0) is 45.6 Å². The van der Waals surface area contributed by atoms with Gasteiger partial charge in [0.05, 0.1) is 23.9 Å². The first-order valence-corrected chi connectivity index (χ1v) is 10.6. The third-order valence-electron chi connectivity index (χ3n) is 4.82. The van der Waals surface area contributed by atoms with Gasteiger partial charge in [0, 0.05) is 13.1 Å². The van der Waals surface area contributed by atoms with E-state index in [0.29, 0.717) is 41.0 Å². The van der Waals surface area contributed by atoms with E-state index in [4.69, 9.17) is 4.42 Å². The Morgan fingerprint density at radius 3 is 2.59 bits per heavy atom. The Bertz CT molecular complexity index is 955. The summed E-state index contributed by atoms with van der Waals surface area (Å²) >= 11 is 1.42. The summed E-state index contributed by atoms with van der Waals surface area (Å²) in [6.45, 7) is 10.2. The second-order valence-corrected chi connectivity index (χ2v) is 8.32. The fourth-order valence-corrected chi connectivity index (χ4v) is 4.08. The number of aromatic nitrogens is 4. The van der Waals surface area contributed by atoms with Gasteiger partial charge >= 0.3 is 0 Å². The van der Waals surface area contributed by atoms with Crippen LogP contribution >= 0.6 is 11.3 Å². The summed E-state index contributed by atoms with van der Waals surface area (Å²) in [5, 5.41) is 21.1. The Kier molecular flexibility index (Phi) is 6.18. The van der Waals surface area contributed by atoms with Crippen LogP contribution in [0.1, 0.15) is 67.7 Å². The minimum atomic E-state index is -1.08. The van der Waals surface area contributed by atoms with Gasteiger partial charge in [0.15, 0.2) is 10.9 Å². The highest BCUT2D eigenvalue weighted by Crippen LogP contribution is 2.29. The number of oxazole rings is 1. The topological polar surface area (TPSA) is 97.3 Å². The summed E-state index contributed by atoms with van der Waals surface area (Å²) in [5.74, 6) is 1.00. The van der Waals surface area contributed by atoms with Crippen LogP contribution in [0.4, 0.5) is 0 Å². The van der Waals surface area contributed by atoms with Gasteiger partial charge in [0.1, 0.15) is 17.1 Å². The number of aryl methyl sites for hydroxylation is 1. The van der Waals surface area contributed by atoms with E-state index >= 15 is 0 Å². The zero-order chi connectivity index (χ0) is 21.2. The van der Waals surface area contributed by atoms with Crippen molar-refractivity contribution in [3.05, 3.63) is 46.7 Å². The number of amides is 1. The van der Waals surface area contributed by atoms with E-state index in [-0.39, 0.29) is 11.8 Å². The van der Waals surface area contributed by atoms with Gasteiger partial charge in [-0.1, -0.05) is 6.92 Å². The Balaban J connectivity index is 1.84. The van der Waals surface area contributed by atoms with Crippen LogP contribution in [0.15, 0.2) is 28.3 Å². The van der Waals surface area contributed by atoms with Crippen LogP contribution in [-0.2, 0) is 5.60 Å². The molecule has 0 aliphatic rings. The highest BCUT2D eigenvalue weighted by Gasteiger charge is 2.29. The molecule has 0 aromatic carbocycles. The van der Waals surface area contributed by atoms with Gasteiger partial charge in [-0.3, -0.25) is 4.79 Å². The van der Waals surface area contributed by atoms with Crippen molar-refractivity contribution in [1.29, 1.82) is 0 Å². The summed E-state index contributed by atoms with van der Waals surface area (Å²) < 4.78 is 5.86. The SMILES string of the molecule is CCC(CN(CC)C(=O)c1ccsc1-n1nccn1)c1nc(C(C)(C)O)c(C)o1. The van der Waals surface area contributed by atoms with Crippen molar-refractivity contribution < 1.29 is 14.3 Å². The third-order valence-corrected chi connectivity index (χ3v) is 5.70. The summed E-state index contributed by atoms with van der Waals surface area (Å²) in [7, 11) is 0. The number of aliphatic hydroxyl groups is 1. The van der Waals surface area contributed by atoms with Gasteiger partial charge in [0.2, 0.25) is 0 Å². The highest BCUT2D eigenvalue weighted by atomic mass is 32.1. The predicted molar refractivity (Wildman–Crippen MR) is 110 cm³/mol. The van der Waals surface area contributed by atoms with Gasteiger partial charge in [0.25, 0.3) is 5.91 Å². The van der Waals surface area contributed by atoms with Crippen molar-refractivity contribution in [2.75, 3.05) is 13.1 Å². The lowest BCUT2D eigenvalue weighted by molar-refractivity contribution is 0.0722. The zero-order valence-electron chi connectivity index (χ0n) is 17.4. The lowest BCUT2D eigenvalue weighted by Crippen LogP contribution is -2.35.